The number of halogens is 1. The standard InChI is InChI=1S/C17H32N4O2S.HI/c1-20(2)15(22)13-19-16(18-9-11-23-3)21-10-12-24-17(14-21)7-5-4-6-8-17;/h4-14H2,1-3H3,(H,18,19);1H. The van der Waals surface area contributed by atoms with Gasteiger partial charge in [0, 0.05) is 51.3 Å². The molecule has 0 aromatic rings. The molecule has 2 fully saturated rings. The van der Waals surface area contributed by atoms with Gasteiger partial charge in [-0.2, -0.15) is 11.8 Å². The van der Waals surface area contributed by atoms with Crippen LogP contribution in [-0.4, -0.2) is 86.2 Å². The van der Waals surface area contributed by atoms with Crippen LogP contribution in [0.25, 0.3) is 0 Å². The topological polar surface area (TPSA) is 57.2 Å². The monoisotopic (exact) mass is 484 g/mol. The van der Waals surface area contributed by atoms with Crippen molar-refractivity contribution >= 4 is 47.6 Å². The average molecular weight is 484 g/mol. The molecule has 1 saturated heterocycles. The van der Waals surface area contributed by atoms with Gasteiger partial charge in [-0.3, -0.25) is 4.79 Å². The molecule has 0 aromatic heterocycles. The Labute approximate surface area is 173 Å². The van der Waals surface area contributed by atoms with Crippen LogP contribution in [0.4, 0.5) is 0 Å². The van der Waals surface area contributed by atoms with Gasteiger partial charge in [0.15, 0.2) is 5.96 Å². The molecule has 8 heteroatoms. The summed E-state index contributed by atoms with van der Waals surface area (Å²) in [5.74, 6) is 2.01. The van der Waals surface area contributed by atoms with Crippen molar-refractivity contribution in [3.63, 3.8) is 0 Å². The van der Waals surface area contributed by atoms with Crippen molar-refractivity contribution < 1.29 is 9.53 Å². The molecule has 0 aromatic carbocycles. The van der Waals surface area contributed by atoms with Gasteiger partial charge >= 0.3 is 0 Å². The predicted octanol–water partition coefficient (Wildman–Crippen LogP) is 2.04. The van der Waals surface area contributed by atoms with E-state index in [1.165, 1.54) is 32.1 Å². The van der Waals surface area contributed by atoms with Crippen molar-refractivity contribution in [2.75, 3.05) is 59.7 Å². The van der Waals surface area contributed by atoms with Crippen LogP contribution in [0.3, 0.4) is 0 Å². The van der Waals surface area contributed by atoms with Gasteiger partial charge in [0.25, 0.3) is 0 Å². The van der Waals surface area contributed by atoms with Crippen molar-refractivity contribution in [3.8, 4) is 0 Å². The minimum atomic E-state index is 0. The van der Waals surface area contributed by atoms with Crippen molar-refractivity contribution in [1.82, 2.24) is 15.1 Å². The molecule has 2 aliphatic rings. The fraction of sp³-hybridized carbons (Fsp3) is 0.882. The van der Waals surface area contributed by atoms with Crippen molar-refractivity contribution in [2.24, 2.45) is 4.99 Å². The molecule has 1 spiro atoms. The van der Waals surface area contributed by atoms with Crippen LogP contribution in [-0.2, 0) is 9.53 Å². The van der Waals surface area contributed by atoms with E-state index in [4.69, 9.17) is 4.74 Å². The summed E-state index contributed by atoms with van der Waals surface area (Å²) in [7, 11) is 5.23. The number of carbonyl (C=O) groups is 1. The molecule has 1 N–H and O–H groups in total. The number of guanidine groups is 1. The van der Waals surface area contributed by atoms with E-state index in [-0.39, 0.29) is 36.4 Å². The third-order valence-corrected chi connectivity index (χ3v) is 6.30. The zero-order valence-electron chi connectivity index (χ0n) is 15.8. The summed E-state index contributed by atoms with van der Waals surface area (Å²) in [5, 5.41) is 3.38. The van der Waals surface area contributed by atoms with Crippen LogP contribution in [0.1, 0.15) is 32.1 Å². The quantitative estimate of drug-likeness (QED) is 0.280. The van der Waals surface area contributed by atoms with Crippen molar-refractivity contribution in [1.29, 1.82) is 0 Å². The number of methoxy groups -OCH3 is 1. The number of aliphatic imine (C=N–C) groups is 1. The lowest BCUT2D eigenvalue weighted by atomic mass is 9.87. The maximum Gasteiger partial charge on any atom is 0.243 e. The second kappa shape index (κ2) is 11.5. The Balaban J connectivity index is 0.00000312. The lowest BCUT2D eigenvalue weighted by Crippen LogP contribution is -2.54. The summed E-state index contributed by atoms with van der Waals surface area (Å²) in [4.78, 5) is 20.4. The number of likely N-dealkylation sites (N-methyl/N-ethyl adjacent to an activating group) is 1. The molecule has 146 valence electrons. The number of carbonyl (C=O) groups excluding carboxylic acids is 1. The number of nitrogens with one attached hydrogen (secondary N) is 1. The molecule has 1 aliphatic heterocycles. The van der Waals surface area contributed by atoms with E-state index in [9.17, 15) is 4.79 Å². The number of nitrogens with zero attached hydrogens (tertiary/aromatic N) is 3. The van der Waals surface area contributed by atoms with Crippen LogP contribution in [0.15, 0.2) is 4.99 Å². The van der Waals surface area contributed by atoms with E-state index in [1.807, 2.05) is 0 Å². The first-order valence-electron chi connectivity index (χ1n) is 8.93. The summed E-state index contributed by atoms with van der Waals surface area (Å²) in [5.41, 5.74) is 0. The molecule has 6 nitrogen and oxygen atoms in total. The van der Waals surface area contributed by atoms with Crippen LogP contribution in [0.2, 0.25) is 0 Å². The minimum absolute atomic E-state index is 0. The predicted molar refractivity (Wildman–Crippen MR) is 116 cm³/mol. The summed E-state index contributed by atoms with van der Waals surface area (Å²) < 4.78 is 5.52. The molecule has 0 atom stereocenters. The Morgan fingerprint density at radius 1 is 1.32 bits per heavy atom. The maximum atomic E-state index is 11.9. The number of ether oxygens (including phenoxy) is 1. The molecule has 1 amide bonds. The molecule has 1 aliphatic carbocycles. The number of amides is 1. The highest BCUT2D eigenvalue weighted by molar-refractivity contribution is 14.0. The van der Waals surface area contributed by atoms with Gasteiger partial charge in [-0.15, -0.1) is 24.0 Å². The van der Waals surface area contributed by atoms with Crippen molar-refractivity contribution in [2.45, 2.75) is 36.9 Å². The molecule has 2 rings (SSSR count). The third-order valence-electron chi connectivity index (χ3n) is 4.76. The van der Waals surface area contributed by atoms with Gasteiger partial charge in [-0.05, 0) is 12.8 Å². The Hall–Kier alpha value is -0.220. The molecule has 25 heavy (non-hydrogen) atoms. The Morgan fingerprint density at radius 3 is 2.68 bits per heavy atom. The molecule has 0 radical (unpaired) electrons. The van der Waals surface area contributed by atoms with Gasteiger partial charge in [0.2, 0.25) is 5.91 Å². The summed E-state index contributed by atoms with van der Waals surface area (Å²) in [6, 6.07) is 0. The summed E-state index contributed by atoms with van der Waals surface area (Å²) in [6.07, 6.45) is 6.64. The third kappa shape index (κ3) is 7.13. The van der Waals surface area contributed by atoms with E-state index in [1.54, 1.807) is 26.1 Å². The van der Waals surface area contributed by atoms with E-state index in [2.05, 4.69) is 27.0 Å². The summed E-state index contributed by atoms with van der Waals surface area (Å²) >= 11 is 2.14. The number of thioether (sulfide) groups is 1. The zero-order valence-corrected chi connectivity index (χ0v) is 18.9. The second-order valence-corrected chi connectivity index (χ2v) is 8.42. The van der Waals surface area contributed by atoms with Crippen LogP contribution in [0.5, 0.6) is 0 Å². The molecule has 1 heterocycles. The Bertz CT molecular complexity index is 437. The van der Waals surface area contributed by atoms with E-state index < -0.39 is 0 Å². The largest absolute Gasteiger partial charge is 0.383 e. The van der Waals surface area contributed by atoms with Crippen LogP contribution < -0.4 is 5.32 Å². The number of hydrogen-bond acceptors (Lipinski definition) is 4. The highest BCUT2D eigenvalue weighted by atomic mass is 127. The fourth-order valence-electron chi connectivity index (χ4n) is 3.34. The zero-order chi connectivity index (χ0) is 17.4. The van der Waals surface area contributed by atoms with Crippen LogP contribution >= 0.6 is 35.7 Å². The first kappa shape index (κ1) is 22.8. The van der Waals surface area contributed by atoms with E-state index in [0.717, 1.165) is 24.8 Å². The lowest BCUT2D eigenvalue weighted by Gasteiger charge is -2.45. The molecule has 0 bridgehead atoms. The molecule has 1 saturated carbocycles. The first-order chi connectivity index (χ1) is 11.6. The Morgan fingerprint density at radius 2 is 2.04 bits per heavy atom. The smallest absolute Gasteiger partial charge is 0.243 e. The van der Waals surface area contributed by atoms with Gasteiger partial charge in [0.05, 0.1) is 6.61 Å². The summed E-state index contributed by atoms with van der Waals surface area (Å²) in [6.45, 7) is 3.56. The molecular formula is C17H33IN4O2S. The SMILES string of the molecule is COCCNC(=NCC(=O)N(C)C)N1CCSC2(CCCCC2)C1.I. The first-order valence-corrected chi connectivity index (χ1v) is 9.91. The normalized spacial score (nSPS) is 20.1. The highest BCUT2D eigenvalue weighted by Crippen LogP contribution is 2.42. The van der Waals surface area contributed by atoms with Crippen LogP contribution in [0, 0.1) is 0 Å². The molecular weight excluding hydrogens is 451 g/mol. The maximum absolute atomic E-state index is 11.9. The van der Waals surface area contributed by atoms with Gasteiger partial charge in [0.1, 0.15) is 6.54 Å². The van der Waals surface area contributed by atoms with Gasteiger partial charge < -0.3 is 19.9 Å². The Kier molecular flexibility index (Phi) is 10.5. The van der Waals surface area contributed by atoms with Gasteiger partial charge in [-0.1, -0.05) is 19.3 Å². The highest BCUT2D eigenvalue weighted by Gasteiger charge is 2.38. The van der Waals surface area contributed by atoms with E-state index in [0.29, 0.717) is 17.9 Å². The second-order valence-electron chi connectivity index (χ2n) is 6.86. The number of hydrogen-bond donors (Lipinski definition) is 1. The number of rotatable bonds is 5. The van der Waals surface area contributed by atoms with Crippen molar-refractivity contribution in [3.05, 3.63) is 0 Å². The fourth-order valence-corrected chi connectivity index (χ4v) is 4.91. The van der Waals surface area contributed by atoms with Gasteiger partial charge in [-0.25, -0.2) is 4.99 Å². The average Bonchev–Trinajstić information content (AvgIpc) is 2.58. The minimum Gasteiger partial charge on any atom is -0.383 e. The lowest BCUT2D eigenvalue weighted by molar-refractivity contribution is -0.127. The molecule has 0 unspecified atom stereocenters. The van der Waals surface area contributed by atoms with E-state index >= 15 is 0 Å².